The molecule has 3 rings (SSSR count). The summed E-state index contributed by atoms with van der Waals surface area (Å²) in [4.78, 5) is 38.6. The zero-order chi connectivity index (χ0) is 20.8. The van der Waals surface area contributed by atoms with Gasteiger partial charge in [0.15, 0.2) is 0 Å². The highest BCUT2D eigenvalue weighted by Crippen LogP contribution is 2.21. The van der Waals surface area contributed by atoms with Crippen LogP contribution in [-0.2, 0) is 16.1 Å². The zero-order valence-electron chi connectivity index (χ0n) is 16.5. The summed E-state index contributed by atoms with van der Waals surface area (Å²) in [5.74, 6) is -0.122. The normalized spacial score (nSPS) is 16.2. The van der Waals surface area contributed by atoms with Crippen LogP contribution in [0.15, 0.2) is 47.1 Å². The minimum atomic E-state index is -0.537. The second-order valence-electron chi connectivity index (χ2n) is 7.40. The Labute approximate surface area is 169 Å². The molecule has 0 aliphatic carbocycles. The Morgan fingerprint density at radius 2 is 2.00 bits per heavy atom. The van der Waals surface area contributed by atoms with Gasteiger partial charge in [0, 0.05) is 13.0 Å². The maximum absolute atomic E-state index is 12.5. The average molecular weight is 399 g/mol. The highest BCUT2D eigenvalue weighted by Gasteiger charge is 2.34. The first-order valence-electron chi connectivity index (χ1n) is 9.56. The molecular formula is C21H25N3O5. The molecule has 8 nitrogen and oxygen atoms in total. The number of para-hydroxylation sites is 1. The van der Waals surface area contributed by atoms with E-state index in [0.717, 1.165) is 0 Å². The van der Waals surface area contributed by atoms with Crippen molar-refractivity contribution in [2.75, 3.05) is 13.2 Å². The van der Waals surface area contributed by atoms with Crippen LogP contribution in [0.2, 0.25) is 0 Å². The molecule has 154 valence electrons. The van der Waals surface area contributed by atoms with Gasteiger partial charge < -0.3 is 14.1 Å². The fourth-order valence-electron chi connectivity index (χ4n) is 3.02. The van der Waals surface area contributed by atoms with E-state index < -0.39 is 17.7 Å². The van der Waals surface area contributed by atoms with Crippen molar-refractivity contribution in [3.8, 4) is 5.75 Å². The Morgan fingerprint density at radius 3 is 2.72 bits per heavy atom. The largest absolute Gasteiger partial charge is 0.492 e. The van der Waals surface area contributed by atoms with E-state index >= 15 is 0 Å². The van der Waals surface area contributed by atoms with E-state index in [-0.39, 0.29) is 18.9 Å². The van der Waals surface area contributed by atoms with Gasteiger partial charge in [-0.3, -0.25) is 25.2 Å². The van der Waals surface area contributed by atoms with E-state index in [0.29, 0.717) is 36.1 Å². The van der Waals surface area contributed by atoms with Gasteiger partial charge in [0.25, 0.3) is 5.91 Å². The van der Waals surface area contributed by atoms with Gasteiger partial charge in [0.1, 0.15) is 11.5 Å². The number of likely N-dealkylation sites (tertiary alicyclic amines) is 1. The average Bonchev–Trinajstić information content (AvgIpc) is 3.35. The highest BCUT2D eigenvalue weighted by atomic mass is 16.5. The molecule has 1 atom stereocenters. The number of benzene rings is 1. The quantitative estimate of drug-likeness (QED) is 0.695. The number of ether oxygens (including phenoxy) is 1. The number of nitrogens with one attached hydrogen (secondary N) is 2. The van der Waals surface area contributed by atoms with Crippen molar-refractivity contribution >= 4 is 17.7 Å². The van der Waals surface area contributed by atoms with Crippen LogP contribution < -0.4 is 15.6 Å². The lowest BCUT2D eigenvalue weighted by Gasteiger charge is -2.16. The lowest BCUT2D eigenvalue weighted by molar-refractivity contribution is -0.129. The van der Waals surface area contributed by atoms with Crippen LogP contribution in [0.3, 0.4) is 0 Å². The molecule has 1 aromatic carbocycles. The van der Waals surface area contributed by atoms with Crippen LogP contribution in [0.4, 0.5) is 0 Å². The summed E-state index contributed by atoms with van der Waals surface area (Å²) >= 11 is 0. The topological polar surface area (TPSA) is 101 Å². The number of nitrogens with zero attached hydrogens (tertiary/aromatic N) is 1. The predicted octanol–water partition coefficient (Wildman–Crippen LogP) is 2.12. The van der Waals surface area contributed by atoms with Crippen molar-refractivity contribution in [2.24, 2.45) is 11.8 Å². The van der Waals surface area contributed by atoms with Gasteiger partial charge in [-0.25, -0.2) is 0 Å². The number of carbonyl (C=O) groups excluding carboxylic acids is 3. The molecule has 2 aromatic rings. The minimum absolute atomic E-state index is 0.0937. The number of hydrogen-bond acceptors (Lipinski definition) is 5. The van der Waals surface area contributed by atoms with Gasteiger partial charge in [0.2, 0.25) is 11.8 Å². The van der Waals surface area contributed by atoms with Crippen molar-refractivity contribution < 1.29 is 23.5 Å². The zero-order valence-corrected chi connectivity index (χ0v) is 16.5. The molecule has 1 aliphatic rings. The van der Waals surface area contributed by atoms with Crippen LogP contribution in [0.5, 0.6) is 5.75 Å². The van der Waals surface area contributed by atoms with Crippen molar-refractivity contribution in [2.45, 2.75) is 26.8 Å². The molecule has 2 heterocycles. The summed E-state index contributed by atoms with van der Waals surface area (Å²) in [6.07, 6.45) is 1.63. The lowest BCUT2D eigenvalue weighted by atomic mass is 10.1. The summed E-state index contributed by atoms with van der Waals surface area (Å²) in [6.45, 7) is 5.10. The maximum Gasteiger partial charge on any atom is 0.273 e. The number of rotatable bonds is 7. The van der Waals surface area contributed by atoms with Gasteiger partial charge in [-0.1, -0.05) is 26.0 Å². The van der Waals surface area contributed by atoms with Crippen LogP contribution >= 0.6 is 0 Å². The number of furan rings is 1. The van der Waals surface area contributed by atoms with E-state index in [1.165, 1.54) is 0 Å². The number of hydrogen-bond donors (Lipinski definition) is 2. The molecule has 1 aliphatic heterocycles. The molecular weight excluding hydrogens is 374 g/mol. The SMILES string of the molecule is CC(C)COc1ccccc1C(=O)NNC(=O)C1CC(=O)N(Cc2ccco2)C1. The molecule has 29 heavy (non-hydrogen) atoms. The van der Waals surface area contributed by atoms with Crippen LogP contribution in [0, 0.1) is 11.8 Å². The fourth-order valence-corrected chi connectivity index (χ4v) is 3.02. The summed E-state index contributed by atoms with van der Waals surface area (Å²) in [7, 11) is 0. The number of hydrazine groups is 1. The molecule has 1 aromatic heterocycles. The maximum atomic E-state index is 12.5. The van der Waals surface area contributed by atoms with Gasteiger partial charge in [-0.05, 0) is 30.2 Å². The first-order valence-corrected chi connectivity index (χ1v) is 9.56. The fraction of sp³-hybridized carbons (Fsp3) is 0.381. The third kappa shape index (κ3) is 5.37. The van der Waals surface area contributed by atoms with E-state index in [1.807, 2.05) is 13.8 Å². The number of carbonyl (C=O) groups is 3. The second-order valence-corrected chi connectivity index (χ2v) is 7.40. The first-order chi connectivity index (χ1) is 13.9. The smallest absolute Gasteiger partial charge is 0.273 e. The molecule has 1 fully saturated rings. The molecule has 0 radical (unpaired) electrons. The van der Waals surface area contributed by atoms with Crippen LogP contribution in [0.1, 0.15) is 36.4 Å². The Morgan fingerprint density at radius 1 is 1.21 bits per heavy atom. The standard InChI is InChI=1S/C21H25N3O5/c1-14(2)13-29-18-8-4-3-7-17(18)21(27)23-22-20(26)15-10-19(25)24(11-15)12-16-6-5-9-28-16/h3-9,14-15H,10-13H2,1-2H3,(H,22,26)(H,23,27). The van der Waals surface area contributed by atoms with Gasteiger partial charge in [-0.2, -0.15) is 0 Å². The van der Waals surface area contributed by atoms with Gasteiger partial charge >= 0.3 is 0 Å². The van der Waals surface area contributed by atoms with Crippen LogP contribution in [0.25, 0.3) is 0 Å². The summed E-state index contributed by atoms with van der Waals surface area (Å²) in [5, 5.41) is 0. The van der Waals surface area contributed by atoms with E-state index in [9.17, 15) is 14.4 Å². The summed E-state index contributed by atoms with van der Waals surface area (Å²) in [6, 6.07) is 10.4. The third-order valence-corrected chi connectivity index (χ3v) is 4.52. The molecule has 0 bridgehead atoms. The Hall–Kier alpha value is -3.29. The van der Waals surface area contributed by atoms with E-state index in [2.05, 4.69) is 10.9 Å². The lowest BCUT2D eigenvalue weighted by Crippen LogP contribution is -2.45. The molecule has 1 unspecified atom stereocenters. The van der Waals surface area contributed by atoms with Gasteiger partial charge in [0.05, 0.1) is 30.9 Å². The van der Waals surface area contributed by atoms with E-state index in [1.54, 1.807) is 47.6 Å². The highest BCUT2D eigenvalue weighted by molar-refractivity contribution is 5.98. The second kappa shape index (κ2) is 9.27. The molecule has 1 saturated heterocycles. The third-order valence-electron chi connectivity index (χ3n) is 4.52. The Bertz CT molecular complexity index is 863. The van der Waals surface area contributed by atoms with Crippen molar-refractivity contribution in [3.05, 3.63) is 54.0 Å². The molecule has 2 N–H and O–H groups in total. The minimum Gasteiger partial charge on any atom is -0.492 e. The van der Waals surface area contributed by atoms with Crippen LogP contribution in [-0.4, -0.2) is 35.8 Å². The first kappa shape index (κ1) is 20.4. The molecule has 0 saturated carbocycles. The van der Waals surface area contributed by atoms with E-state index in [4.69, 9.17) is 9.15 Å². The monoisotopic (exact) mass is 399 g/mol. The van der Waals surface area contributed by atoms with Crippen molar-refractivity contribution in [3.63, 3.8) is 0 Å². The van der Waals surface area contributed by atoms with Crippen molar-refractivity contribution in [1.82, 2.24) is 15.8 Å². The summed E-state index contributed by atoms with van der Waals surface area (Å²) in [5.41, 5.74) is 5.16. The summed E-state index contributed by atoms with van der Waals surface area (Å²) < 4.78 is 10.9. The Kier molecular flexibility index (Phi) is 6.54. The predicted molar refractivity (Wildman–Crippen MR) is 105 cm³/mol. The Balaban J connectivity index is 1.53. The van der Waals surface area contributed by atoms with Crippen molar-refractivity contribution in [1.29, 1.82) is 0 Å². The molecule has 3 amide bonds. The molecule has 8 heteroatoms. The molecule has 0 spiro atoms. The number of amides is 3. The van der Waals surface area contributed by atoms with Gasteiger partial charge in [-0.15, -0.1) is 0 Å².